The number of rotatable bonds is 5. The van der Waals surface area contributed by atoms with Gasteiger partial charge in [0.15, 0.2) is 0 Å². The van der Waals surface area contributed by atoms with Crippen LogP contribution in [0.3, 0.4) is 0 Å². The van der Waals surface area contributed by atoms with Crippen LogP contribution < -0.4 is 4.74 Å². The van der Waals surface area contributed by atoms with Crippen LogP contribution in [-0.2, 0) is 13.0 Å². The Morgan fingerprint density at radius 2 is 1.96 bits per heavy atom. The molecule has 4 rings (SSSR count). The zero-order valence-corrected chi connectivity index (χ0v) is 16.2. The van der Waals surface area contributed by atoms with Crippen LogP contribution in [0, 0.1) is 5.92 Å². The molecular weight excluding hydrogens is 328 g/mol. The van der Waals surface area contributed by atoms with Gasteiger partial charge in [0, 0.05) is 5.92 Å². The largest absolute Gasteiger partial charge is 0.489 e. The normalized spacial score (nSPS) is 21.3. The summed E-state index contributed by atoms with van der Waals surface area (Å²) in [6.07, 6.45) is 11.7. The van der Waals surface area contributed by atoms with E-state index >= 15 is 0 Å². The molecule has 1 heteroatoms. The molecule has 0 saturated carbocycles. The van der Waals surface area contributed by atoms with E-state index in [1.54, 1.807) is 0 Å². The summed E-state index contributed by atoms with van der Waals surface area (Å²) in [7, 11) is 0. The van der Waals surface area contributed by atoms with Gasteiger partial charge in [0.25, 0.3) is 0 Å². The molecule has 2 unspecified atom stereocenters. The van der Waals surface area contributed by atoms with E-state index < -0.39 is 0 Å². The van der Waals surface area contributed by atoms with Crippen molar-refractivity contribution in [1.82, 2.24) is 0 Å². The predicted molar refractivity (Wildman–Crippen MR) is 113 cm³/mol. The highest BCUT2D eigenvalue weighted by Gasteiger charge is 2.32. The molecule has 2 aromatic carbocycles. The number of allylic oxidation sites excluding steroid dienone is 5. The van der Waals surface area contributed by atoms with Crippen molar-refractivity contribution in [2.45, 2.75) is 45.1 Å². The van der Waals surface area contributed by atoms with Crippen molar-refractivity contribution in [3.63, 3.8) is 0 Å². The van der Waals surface area contributed by atoms with Crippen molar-refractivity contribution in [1.29, 1.82) is 0 Å². The Labute approximate surface area is 163 Å². The molecule has 1 nitrogen and oxygen atoms in total. The topological polar surface area (TPSA) is 9.23 Å². The van der Waals surface area contributed by atoms with Gasteiger partial charge in [-0.15, -0.1) is 0 Å². The minimum atomic E-state index is 0.408. The van der Waals surface area contributed by atoms with Crippen LogP contribution in [0.15, 0.2) is 84.5 Å². The fraction of sp³-hybridized carbons (Fsp3) is 0.308. The van der Waals surface area contributed by atoms with E-state index in [0.717, 1.165) is 12.2 Å². The van der Waals surface area contributed by atoms with Crippen molar-refractivity contribution in [3.05, 3.63) is 101 Å². The maximum Gasteiger partial charge on any atom is 0.120 e. The van der Waals surface area contributed by atoms with Gasteiger partial charge in [-0.2, -0.15) is 0 Å². The number of benzene rings is 2. The van der Waals surface area contributed by atoms with Gasteiger partial charge >= 0.3 is 0 Å². The molecule has 2 atom stereocenters. The SMILES string of the molecule is C=C(C)C1c2ccc(OCc3ccccc3)cc2CCC1C1=CCCC=C1. The third kappa shape index (κ3) is 3.93. The van der Waals surface area contributed by atoms with Crippen molar-refractivity contribution >= 4 is 0 Å². The Balaban J connectivity index is 1.56. The monoisotopic (exact) mass is 356 g/mol. The van der Waals surface area contributed by atoms with Crippen LogP contribution in [0.25, 0.3) is 0 Å². The zero-order chi connectivity index (χ0) is 18.6. The minimum Gasteiger partial charge on any atom is -0.489 e. The van der Waals surface area contributed by atoms with E-state index in [1.165, 1.54) is 47.1 Å². The molecule has 0 heterocycles. The van der Waals surface area contributed by atoms with Gasteiger partial charge in [0.2, 0.25) is 0 Å². The zero-order valence-electron chi connectivity index (χ0n) is 16.2. The molecular formula is C26H28O. The first-order valence-electron chi connectivity index (χ1n) is 10.0. The first-order chi connectivity index (χ1) is 13.2. The van der Waals surface area contributed by atoms with Crippen LogP contribution in [0.5, 0.6) is 5.75 Å². The molecule has 0 spiro atoms. The Bertz CT molecular complexity index is 872. The third-order valence-electron chi connectivity index (χ3n) is 5.81. The highest BCUT2D eigenvalue weighted by atomic mass is 16.5. The fourth-order valence-electron chi connectivity index (χ4n) is 4.50. The molecule has 0 fully saturated rings. The van der Waals surface area contributed by atoms with E-state index in [2.05, 4.69) is 74.2 Å². The van der Waals surface area contributed by atoms with Crippen molar-refractivity contribution in [2.24, 2.45) is 5.92 Å². The molecule has 0 N–H and O–H groups in total. The highest BCUT2D eigenvalue weighted by molar-refractivity contribution is 5.46. The Kier molecular flexibility index (Phi) is 5.29. The van der Waals surface area contributed by atoms with Crippen molar-refractivity contribution < 1.29 is 4.74 Å². The minimum absolute atomic E-state index is 0.408. The third-order valence-corrected chi connectivity index (χ3v) is 5.81. The molecule has 2 aliphatic rings. The second-order valence-electron chi connectivity index (χ2n) is 7.79. The number of fused-ring (bicyclic) bond motifs is 1. The van der Waals surface area contributed by atoms with Gasteiger partial charge in [-0.1, -0.05) is 66.8 Å². The van der Waals surface area contributed by atoms with Crippen LogP contribution >= 0.6 is 0 Å². The number of aryl methyl sites for hydroxylation is 1. The molecule has 0 bridgehead atoms. The fourth-order valence-corrected chi connectivity index (χ4v) is 4.50. The average molecular weight is 357 g/mol. The maximum atomic E-state index is 6.05. The predicted octanol–water partition coefficient (Wildman–Crippen LogP) is 6.76. The van der Waals surface area contributed by atoms with Crippen molar-refractivity contribution in [2.75, 3.05) is 0 Å². The second kappa shape index (κ2) is 8.00. The summed E-state index contributed by atoms with van der Waals surface area (Å²) in [4.78, 5) is 0. The summed E-state index contributed by atoms with van der Waals surface area (Å²) in [6.45, 7) is 7.13. The van der Waals surface area contributed by atoms with Crippen LogP contribution in [0.4, 0.5) is 0 Å². The molecule has 0 radical (unpaired) electrons. The molecule has 2 aromatic rings. The molecule has 27 heavy (non-hydrogen) atoms. The quantitative estimate of drug-likeness (QED) is 0.538. The first-order valence-corrected chi connectivity index (χ1v) is 10.0. The second-order valence-corrected chi connectivity index (χ2v) is 7.79. The lowest BCUT2D eigenvalue weighted by Crippen LogP contribution is -2.23. The molecule has 0 amide bonds. The Hall–Kier alpha value is -2.54. The summed E-state index contributed by atoms with van der Waals surface area (Å²) in [5.74, 6) is 1.93. The van der Waals surface area contributed by atoms with E-state index in [-0.39, 0.29) is 0 Å². The molecule has 138 valence electrons. The highest BCUT2D eigenvalue weighted by Crippen LogP contribution is 2.45. The average Bonchev–Trinajstić information content (AvgIpc) is 2.72. The number of ether oxygens (including phenoxy) is 1. The van der Waals surface area contributed by atoms with E-state index in [9.17, 15) is 0 Å². The standard InChI is InChI=1S/C26H28O/c1-19(2)26-24(21-11-7-4-8-12-21)15-13-22-17-23(14-16-25(22)26)27-18-20-9-5-3-6-10-20/h3,5-7,9-12,14,16-17,24,26H,1,4,8,13,15,18H2,2H3. The Morgan fingerprint density at radius 1 is 1.11 bits per heavy atom. The number of hydrogen-bond donors (Lipinski definition) is 0. The maximum absolute atomic E-state index is 6.05. The van der Waals surface area contributed by atoms with Gasteiger partial charge < -0.3 is 4.74 Å². The lowest BCUT2D eigenvalue weighted by molar-refractivity contribution is 0.305. The van der Waals surface area contributed by atoms with Gasteiger partial charge in [0.05, 0.1) is 0 Å². The summed E-state index contributed by atoms with van der Waals surface area (Å²) in [5.41, 5.74) is 6.82. The van der Waals surface area contributed by atoms with Gasteiger partial charge in [0.1, 0.15) is 12.4 Å². The summed E-state index contributed by atoms with van der Waals surface area (Å²) < 4.78 is 6.05. The lowest BCUT2D eigenvalue weighted by Gasteiger charge is -2.36. The summed E-state index contributed by atoms with van der Waals surface area (Å²) in [5, 5.41) is 0. The molecule has 0 aliphatic heterocycles. The van der Waals surface area contributed by atoms with Crippen LogP contribution in [0.2, 0.25) is 0 Å². The van der Waals surface area contributed by atoms with Gasteiger partial charge in [-0.3, -0.25) is 0 Å². The smallest absolute Gasteiger partial charge is 0.120 e. The van der Waals surface area contributed by atoms with Crippen LogP contribution in [-0.4, -0.2) is 0 Å². The Morgan fingerprint density at radius 3 is 2.70 bits per heavy atom. The first kappa shape index (κ1) is 17.9. The van der Waals surface area contributed by atoms with E-state index in [1.807, 2.05) is 6.07 Å². The van der Waals surface area contributed by atoms with Crippen molar-refractivity contribution in [3.8, 4) is 5.75 Å². The molecule has 2 aliphatic carbocycles. The number of hydrogen-bond acceptors (Lipinski definition) is 1. The molecule has 0 saturated heterocycles. The summed E-state index contributed by atoms with van der Waals surface area (Å²) in [6, 6.07) is 17.0. The molecule has 0 aromatic heterocycles. The van der Waals surface area contributed by atoms with E-state index in [4.69, 9.17) is 4.74 Å². The van der Waals surface area contributed by atoms with Gasteiger partial charge in [-0.25, -0.2) is 0 Å². The van der Waals surface area contributed by atoms with E-state index in [0.29, 0.717) is 18.4 Å². The van der Waals surface area contributed by atoms with Crippen LogP contribution in [0.1, 0.15) is 48.8 Å². The van der Waals surface area contributed by atoms with Gasteiger partial charge in [-0.05, 0) is 72.9 Å². The summed E-state index contributed by atoms with van der Waals surface area (Å²) >= 11 is 0. The lowest BCUT2D eigenvalue weighted by atomic mass is 9.68.